The molecule has 0 radical (unpaired) electrons. The third-order valence-electron chi connectivity index (χ3n) is 5.31. The largest absolute Gasteiger partial charge is 0.496 e. The van der Waals surface area contributed by atoms with Crippen LogP contribution in [0.1, 0.15) is 10.4 Å². The first-order valence-electron chi connectivity index (χ1n) is 10.6. The van der Waals surface area contributed by atoms with E-state index in [1.54, 1.807) is 29.2 Å². The zero-order valence-corrected chi connectivity index (χ0v) is 19.2. The molecule has 0 aliphatic heterocycles. The number of halogens is 3. The predicted molar refractivity (Wildman–Crippen MR) is 122 cm³/mol. The summed E-state index contributed by atoms with van der Waals surface area (Å²) in [5.41, 5.74) is 3.15. The van der Waals surface area contributed by atoms with Crippen molar-refractivity contribution in [2.24, 2.45) is 0 Å². The number of rotatable bonds is 8. The van der Waals surface area contributed by atoms with E-state index in [4.69, 9.17) is 19.7 Å². The highest BCUT2D eigenvalue weighted by atomic mass is 19.4. The molecule has 3 N–H and O–H groups in total. The number of fused-ring (bicyclic) bond motifs is 1. The Labute approximate surface area is 202 Å². The molecule has 10 nitrogen and oxygen atoms in total. The lowest BCUT2D eigenvalue weighted by molar-refractivity contribution is -0.123. The maximum absolute atomic E-state index is 12.6. The smallest absolute Gasteiger partial charge is 0.405 e. The maximum Gasteiger partial charge on any atom is 0.405 e. The quantitative estimate of drug-likeness (QED) is 0.315. The first-order chi connectivity index (χ1) is 17.1. The number of imidazole rings is 1. The van der Waals surface area contributed by atoms with Gasteiger partial charge >= 0.3 is 6.18 Å². The second kappa shape index (κ2) is 9.87. The molecule has 3 heterocycles. The summed E-state index contributed by atoms with van der Waals surface area (Å²) >= 11 is 0. The Balaban J connectivity index is 1.69. The number of hydrogen-bond acceptors (Lipinski definition) is 7. The monoisotopic (exact) mass is 505 g/mol. The molecule has 190 valence electrons. The molecule has 13 heteroatoms. The maximum atomic E-state index is 12.6. The lowest BCUT2D eigenvalue weighted by atomic mass is 10.1. The number of amides is 1. The van der Waals surface area contributed by atoms with E-state index in [9.17, 15) is 18.0 Å². The second-order valence-corrected chi connectivity index (χ2v) is 7.77. The number of nitrogens with one attached hydrogen (secondary N) is 1. The molecular weight excluding hydrogens is 483 g/mol. The van der Waals surface area contributed by atoms with Crippen LogP contribution in [0.25, 0.3) is 28.0 Å². The molecule has 0 saturated heterocycles. The van der Waals surface area contributed by atoms with E-state index >= 15 is 0 Å². The summed E-state index contributed by atoms with van der Waals surface area (Å²) in [6.07, 6.45) is 0.552. The van der Waals surface area contributed by atoms with E-state index in [1.807, 2.05) is 17.4 Å². The molecule has 3 aromatic heterocycles. The molecule has 1 amide bonds. The van der Waals surface area contributed by atoms with Crippen molar-refractivity contribution in [3.8, 4) is 33.9 Å². The Hall–Kier alpha value is -4.10. The fourth-order valence-electron chi connectivity index (χ4n) is 3.71. The highest BCUT2D eigenvalue weighted by Crippen LogP contribution is 2.36. The van der Waals surface area contributed by atoms with Gasteiger partial charge in [-0.15, -0.1) is 0 Å². The molecule has 0 aliphatic rings. The third-order valence-corrected chi connectivity index (χ3v) is 5.31. The summed E-state index contributed by atoms with van der Waals surface area (Å²) in [6.45, 7) is -1.56. The van der Waals surface area contributed by atoms with Gasteiger partial charge in [-0.05, 0) is 29.8 Å². The Bertz CT molecular complexity index is 1370. The number of aliphatic hydroxyl groups excluding tert-OH is 1. The first-order valence-corrected chi connectivity index (χ1v) is 10.6. The molecular formula is C23H22F3N5O5. The van der Waals surface area contributed by atoms with Crippen LogP contribution in [0.3, 0.4) is 0 Å². The van der Waals surface area contributed by atoms with Crippen LogP contribution < -0.4 is 14.8 Å². The van der Waals surface area contributed by atoms with Gasteiger partial charge in [-0.25, -0.2) is 4.98 Å². The van der Waals surface area contributed by atoms with Crippen molar-refractivity contribution in [2.75, 3.05) is 20.8 Å². The summed E-state index contributed by atoms with van der Waals surface area (Å²) in [7, 11) is 2.60. The van der Waals surface area contributed by atoms with Gasteiger partial charge in [0.25, 0.3) is 5.91 Å². The number of aliphatic hydroxyl groups is 2. The third kappa shape index (κ3) is 5.26. The van der Waals surface area contributed by atoms with Crippen LogP contribution >= 0.6 is 0 Å². The van der Waals surface area contributed by atoms with Crippen LogP contribution in [0, 0.1) is 0 Å². The fourth-order valence-corrected chi connectivity index (χ4v) is 3.71. The van der Waals surface area contributed by atoms with Crippen molar-refractivity contribution >= 4 is 11.6 Å². The Morgan fingerprint density at radius 1 is 1.08 bits per heavy atom. The second-order valence-electron chi connectivity index (χ2n) is 7.77. The molecule has 0 bridgehead atoms. The number of nitrogens with zero attached hydrogens (tertiary/aromatic N) is 4. The molecule has 0 fully saturated rings. The van der Waals surface area contributed by atoms with E-state index in [0.717, 1.165) is 11.1 Å². The fraction of sp³-hybridized carbons (Fsp3) is 0.261. The van der Waals surface area contributed by atoms with Gasteiger partial charge in [0.05, 0.1) is 38.9 Å². The number of alkyl halides is 3. The van der Waals surface area contributed by atoms with Crippen LogP contribution in [0.2, 0.25) is 0 Å². The number of carbonyl (C=O) groups excluding carboxylic acids is 1. The van der Waals surface area contributed by atoms with Gasteiger partial charge in [-0.2, -0.15) is 18.3 Å². The standard InChI is InChI=1S/C23H22F3N5O5/c1-35-17-5-14(6-18(36-2)21(17)22(34)28-12-23(24,25)26)16-9-27-19-7-13(3-4-31(16)19)15-8-29-30(10-15)11-20(32)33/h3-10,20,32-33H,11-12H2,1-2H3,(H,28,34). The van der Waals surface area contributed by atoms with Gasteiger partial charge in [0, 0.05) is 23.5 Å². The average molecular weight is 505 g/mol. The molecule has 0 aliphatic carbocycles. The lowest BCUT2D eigenvalue weighted by Gasteiger charge is -2.16. The Kier molecular flexibility index (Phi) is 6.86. The van der Waals surface area contributed by atoms with Gasteiger partial charge < -0.3 is 25.0 Å². The number of pyridine rings is 1. The van der Waals surface area contributed by atoms with Crippen molar-refractivity contribution < 1.29 is 37.7 Å². The summed E-state index contributed by atoms with van der Waals surface area (Å²) in [5, 5.41) is 24.2. The molecule has 1 aromatic carbocycles. The first kappa shape index (κ1) is 25.0. The zero-order valence-electron chi connectivity index (χ0n) is 19.2. The molecule has 4 aromatic rings. The van der Waals surface area contributed by atoms with Crippen LogP contribution in [0.5, 0.6) is 11.5 Å². The normalized spacial score (nSPS) is 11.8. The van der Waals surface area contributed by atoms with Crippen LogP contribution in [-0.4, -0.2) is 68.5 Å². The van der Waals surface area contributed by atoms with Crippen molar-refractivity contribution in [2.45, 2.75) is 19.0 Å². The van der Waals surface area contributed by atoms with Crippen molar-refractivity contribution in [3.05, 3.63) is 54.6 Å². The van der Waals surface area contributed by atoms with E-state index in [1.165, 1.54) is 31.0 Å². The van der Waals surface area contributed by atoms with Gasteiger partial charge in [0.2, 0.25) is 0 Å². The SMILES string of the molecule is COc1cc(-c2cnc3cc(-c4cnn(CC(O)O)c4)ccn23)cc(OC)c1C(=O)NCC(F)(F)F. The lowest BCUT2D eigenvalue weighted by Crippen LogP contribution is -2.34. The van der Waals surface area contributed by atoms with Crippen LogP contribution in [0.4, 0.5) is 13.2 Å². The molecule has 0 unspecified atom stereocenters. The summed E-state index contributed by atoms with van der Waals surface area (Å²) in [6, 6.07) is 6.68. The molecule has 0 atom stereocenters. The van der Waals surface area contributed by atoms with Gasteiger partial charge in [0.1, 0.15) is 29.3 Å². The number of ether oxygens (including phenoxy) is 2. The van der Waals surface area contributed by atoms with Crippen molar-refractivity contribution in [1.29, 1.82) is 0 Å². The number of methoxy groups -OCH3 is 2. The van der Waals surface area contributed by atoms with Gasteiger partial charge in [-0.3, -0.25) is 13.9 Å². The highest BCUT2D eigenvalue weighted by Gasteiger charge is 2.30. The number of aromatic nitrogens is 4. The minimum absolute atomic E-state index is 0.0362. The van der Waals surface area contributed by atoms with E-state index < -0.39 is 24.9 Å². The molecule has 4 rings (SSSR count). The number of hydrogen-bond donors (Lipinski definition) is 3. The average Bonchev–Trinajstić information content (AvgIpc) is 3.47. The highest BCUT2D eigenvalue weighted by molar-refractivity contribution is 6.00. The number of carbonyl (C=O) groups is 1. The van der Waals surface area contributed by atoms with Gasteiger partial charge in [-0.1, -0.05) is 0 Å². The zero-order chi connectivity index (χ0) is 26.0. The summed E-state index contributed by atoms with van der Waals surface area (Å²) in [5.74, 6) is -0.909. The Morgan fingerprint density at radius 2 is 1.78 bits per heavy atom. The topological polar surface area (TPSA) is 123 Å². The minimum atomic E-state index is -4.57. The van der Waals surface area contributed by atoms with E-state index in [0.29, 0.717) is 16.9 Å². The van der Waals surface area contributed by atoms with E-state index in [-0.39, 0.29) is 23.6 Å². The molecule has 0 spiro atoms. The summed E-state index contributed by atoms with van der Waals surface area (Å²) in [4.78, 5) is 16.9. The minimum Gasteiger partial charge on any atom is -0.496 e. The van der Waals surface area contributed by atoms with Gasteiger partial charge in [0.15, 0.2) is 6.29 Å². The predicted octanol–water partition coefficient (Wildman–Crippen LogP) is 2.48. The summed E-state index contributed by atoms with van der Waals surface area (Å²) < 4.78 is 51.5. The van der Waals surface area contributed by atoms with E-state index in [2.05, 4.69) is 10.1 Å². The number of benzene rings is 1. The molecule has 0 saturated carbocycles. The van der Waals surface area contributed by atoms with Crippen LogP contribution in [-0.2, 0) is 6.54 Å². The van der Waals surface area contributed by atoms with Crippen molar-refractivity contribution in [1.82, 2.24) is 24.5 Å². The van der Waals surface area contributed by atoms with Crippen LogP contribution in [0.15, 0.2) is 49.1 Å². The Morgan fingerprint density at radius 3 is 2.39 bits per heavy atom. The van der Waals surface area contributed by atoms with Crippen molar-refractivity contribution in [3.63, 3.8) is 0 Å². The molecule has 36 heavy (non-hydrogen) atoms.